The molecule has 1 atom stereocenters. The van der Waals surface area contributed by atoms with E-state index in [1.807, 2.05) is 30.3 Å². The molecule has 1 aromatic rings. The first-order valence-corrected chi connectivity index (χ1v) is 8.70. The number of rotatable bonds is 8. The molecule has 1 rings (SSSR count). The average Bonchev–Trinajstić information content (AvgIpc) is 2.61. The second-order valence-corrected chi connectivity index (χ2v) is 6.90. The molecule has 0 saturated carbocycles. The van der Waals surface area contributed by atoms with E-state index in [4.69, 9.17) is 9.47 Å². The Morgan fingerprint density at radius 2 is 1.74 bits per heavy atom. The monoisotopic (exact) mass is 380 g/mol. The van der Waals surface area contributed by atoms with Crippen LogP contribution in [0.5, 0.6) is 0 Å². The summed E-state index contributed by atoms with van der Waals surface area (Å²) in [6, 6.07) is 8.73. The van der Waals surface area contributed by atoms with Crippen molar-refractivity contribution in [3.05, 3.63) is 35.9 Å². The van der Waals surface area contributed by atoms with Gasteiger partial charge in [-0.2, -0.15) is 0 Å². The second kappa shape index (κ2) is 11.1. The lowest BCUT2D eigenvalue weighted by atomic mass is 10.1. The first-order chi connectivity index (χ1) is 12.7. The third-order valence-corrected chi connectivity index (χ3v) is 3.35. The van der Waals surface area contributed by atoms with Gasteiger partial charge in [0.05, 0.1) is 13.2 Å². The van der Waals surface area contributed by atoms with Crippen LogP contribution in [-0.2, 0) is 25.6 Å². The maximum Gasteiger partial charge on any atom is 0.407 e. The van der Waals surface area contributed by atoms with E-state index in [9.17, 15) is 14.4 Å². The molecule has 0 bridgehead atoms. The molecule has 8 nitrogen and oxygen atoms in total. The van der Waals surface area contributed by atoms with Gasteiger partial charge >= 0.3 is 18.2 Å². The normalized spacial score (nSPS) is 11.9. The van der Waals surface area contributed by atoms with Gasteiger partial charge in [0.2, 0.25) is 0 Å². The lowest BCUT2D eigenvalue weighted by Gasteiger charge is -2.22. The van der Waals surface area contributed by atoms with Crippen molar-refractivity contribution < 1.29 is 28.6 Å². The molecule has 0 radical (unpaired) electrons. The fourth-order valence-corrected chi connectivity index (χ4v) is 2.07. The van der Waals surface area contributed by atoms with Crippen molar-refractivity contribution in [2.45, 2.75) is 51.9 Å². The smallest absolute Gasteiger partial charge is 0.407 e. The minimum Gasteiger partial charge on any atom is -0.469 e. The van der Waals surface area contributed by atoms with Gasteiger partial charge in [0, 0.05) is 13.0 Å². The highest BCUT2D eigenvalue weighted by molar-refractivity contribution is 5.70. The van der Waals surface area contributed by atoms with Crippen LogP contribution in [0.15, 0.2) is 30.3 Å². The van der Waals surface area contributed by atoms with E-state index in [0.29, 0.717) is 0 Å². The number of esters is 1. The molecule has 0 aromatic heterocycles. The van der Waals surface area contributed by atoms with Crippen LogP contribution in [-0.4, -0.2) is 43.5 Å². The molecule has 27 heavy (non-hydrogen) atoms. The molecule has 0 aliphatic carbocycles. The van der Waals surface area contributed by atoms with Crippen LogP contribution >= 0.6 is 0 Å². The lowest BCUT2D eigenvalue weighted by molar-refractivity contribution is -0.140. The maximum absolute atomic E-state index is 12.0. The van der Waals surface area contributed by atoms with Crippen molar-refractivity contribution in [2.75, 3.05) is 13.7 Å². The summed E-state index contributed by atoms with van der Waals surface area (Å²) < 4.78 is 14.9. The number of benzene rings is 1. The van der Waals surface area contributed by atoms with Gasteiger partial charge < -0.3 is 24.8 Å². The zero-order valence-corrected chi connectivity index (χ0v) is 16.2. The van der Waals surface area contributed by atoms with Crippen LogP contribution in [0.2, 0.25) is 0 Å². The number of methoxy groups -OCH3 is 1. The average molecular weight is 380 g/mol. The molecular formula is C19H28N2O6. The molecule has 0 aliphatic rings. The Hall–Kier alpha value is -2.77. The number of ether oxygens (including phenoxy) is 3. The largest absolute Gasteiger partial charge is 0.469 e. The highest BCUT2D eigenvalue weighted by Crippen LogP contribution is 2.07. The predicted molar refractivity (Wildman–Crippen MR) is 99.0 cm³/mol. The fourth-order valence-electron chi connectivity index (χ4n) is 2.07. The Labute approximate surface area is 159 Å². The lowest BCUT2D eigenvalue weighted by Crippen LogP contribution is -2.45. The number of carbonyl (C=O) groups is 3. The standard InChI is InChI=1S/C19H28N2O6/c1-19(2,3)27-17(23)20-12-15(10-11-16(22)25-4)21-18(24)26-13-14-8-6-5-7-9-14/h5-9,15H,10-13H2,1-4H3,(H,20,23)(H,21,24)/t15-/m0/s1. The van der Waals surface area contributed by atoms with Gasteiger partial charge in [0.1, 0.15) is 12.2 Å². The minimum atomic E-state index is -0.639. The predicted octanol–water partition coefficient (Wildman–Crippen LogP) is 2.76. The quantitative estimate of drug-likeness (QED) is 0.531. The Morgan fingerprint density at radius 3 is 2.33 bits per heavy atom. The maximum atomic E-state index is 12.0. The van der Waals surface area contributed by atoms with Gasteiger partial charge in [-0.05, 0) is 32.8 Å². The number of nitrogens with one attached hydrogen (secondary N) is 2. The Kier molecular flexibility index (Phi) is 9.12. The third kappa shape index (κ3) is 10.7. The Bertz CT molecular complexity index is 612. The Balaban J connectivity index is 2.52. The van der Waals surface area contributed by atoms with Crippen LogP contribution in [0.1, 0.15) is 39.2 Å². The fraction of sp³-hybridized carbons (Fsp3) is 0.526. The topological polar surface area (TPSA) is 103 Å². The molecule has 0 heterocycles. The van der Waals surface area contributed by atoms with E-state index in [0.717, 1.165) is 5.56 Å². The molecule has 0 saturated heterocycles. The number of carbonyl (C=O) groups excluding carboxylic acids is 3. The molecule has 0 aliphatic heterocycles. The van der Waals surface area contributed by atoms with E-state index in [-0.39, 0.29) is 26.0 Å². The molecule has 0 fully saturated rings. The van der Waals surface area contributed by atoms with Crippen molar-refractivity contribution in [1.29, 1.82) is 0 Å². The molecule has 0 spiro atoms. The van der Waals surface area contributed by atoms with Crippen molar-refractivity contribution in [3.63, 3.8) is 0 Å². The molecule has 8 heteroatoms. The van der Waals surface area contributed by atoms with Crippen molar-refractivity contribution in [2.24, 2.45) is 0 Å². The first kappa shape index (κ1) is 22.3. The third-order valence-electron chi connectivity index (χ3n) is 3.35. The summed E-state index contributed by atoms with van der Waals surface area (Å²) in [5.41, 5.74) is 0.221. The molecule has 150 valence electrons. The number of hydrogen-bond donors (Lipinski definition) is 2. The zero-order valence-electron chi connectivity index (χ0n) is 16.2. The van der Waals surface area contributed by atoms with Crippen LogP contribution in [0.3, 0.4) is 0 Å². The molecule has 2 amide bonds. The SMILES string of the molecule is COC(=O)CC[C@@H](CNC(=O)OC(C)(C)C)NC(=O)OCc1ccccc1. The summed E-state index contributed by atoms with van der Waals surface area (Å²) in [6.07, 6.45) is -0.872. The van der Waals surface area contributed by atoms with Gasteiger partial charge in [0.25, 0.3) is 0 Å². The van der Waals surface area contributed by atoms with Gasteiger partial charge in [-0.25, -0.2) is 9.59 Å². The van der Waals surface area contributed by atoms with Gasteiger partial charge in [-0.3, -0.25) is 4.79 Å². The molecular weight excluding hydrogens is 352 g/mol. The number of hydrogen-bond acceptors (Lipinski definition) is 6. The minimum absolute atomic E-state index is 0.0896. The van der Waals surface area contributed by atoms with Gasteiger partial charge in [-0.15, -0.1) is 0 Å². The molecule has 0 unspecified atom stereocenters. The molecule has 2 N–H and O–H groups in total. The summed E-state index contributed by atoms with van der Waals surface area (Å²) in [4.78, 5) is 35.2. The van der Waals surface area contributed by atoms with Crippen molar-refractivity contribution in [1.82, 2.24) is 10.6 Å². The van der Waals surface area contributed by atoms with Crippen LogP contribution in [0, 0.1) is 0 Å². The summed E-state index contributed by atoms with van der Waals surface area (Å²) in [6.45, 7) is 5.46. The van der Waals surface area contributed by atoms with Crippen molar-refractivity contribution >= 4 is 18.2 Å². The highest BCUT2D eigenvalue weighted by Gasteiger charge is 2.20. The van der Waals surface area contributed by atoms with E-state index >= 15 is 0 Å². The summed E-state index contributed by atoms with van der Waals surface area (Å²) in [5.74, 6) is -0.406. The van der Waals surface area contributed by atoms with Crippen LogP contribution < -0.4 is 10.6 Å². The van der Waals surface area contributed by atoms with E-state index in [1.54, 1.807) is 20.8 Å². The number of alkyl carbamates (subject to hydrolysis) is 2. The second-order valence-electron chi connectivity index (χ2n) is 6.90. The van der Waals surface area contributed by atoms with Gasteiger partial charge in [-0.1, -0.05) is 30.3 Å². The number of amides is 2. The van der Waals surface area contributed by atoms with Crippen molar-refractivity contribution in [3.8, 4) is 0 Å². The Morgan fingerprint density at radius 1 is 1.07 bits per heavy atom. The molecule has 1 aromatic carbocycles. The summed E-state index contributed by atoms with van der Waals surface area (Å²) in [7, 11) is 1.29. The van der Waals surface area contributed by atoms with E-state index < -0.39 is 29.8 Å². The summed E-state index contributed by atoms with van der Waals surface area (Å²) >= 11 is 0. The first-order valence-electron chi connectivity index (χ1n) is 8.70. The van der Waals surface area contributed by atoms with E-state index in [2.05, 4.69) is 15.4 Å². The zero-order chi connectivity index (χ0) is 20.3. The highest BCUT2D eigenvalue weighted by atomic mass is 16.6. The van der Waals surface area contributed by atoms with Gasteiger partial charge in [0.15, 0.2) is 0 Å². The van der Waals surface area contributed by atoms with Crippen LogP contribution in [0.25, 0.3) is 0 Å². The summed E-state index contributed by atoms with van der Waals surface area (Å²) in [5, 5.41) is 5.22. The van der Waals surface area contributed by atoms with E-state index in [1.165, 1.54) is 7.11 Å². The van der Waals surface area contributed by atoms with Crippen LogP contribution in [0.4, 0.5) is 9.59 Å².